The number of hydrogen-bond acceptors (Lipinski definition) is 5. The maximum atomic E-state index is 11.5. The first-order chi connectivity index (χ1) is 8.46. The highest BCUT2D eigenvalue weighted by molar-refractivity contribution is 7.91. The van der Waals surface area contributed by atoms with Gasteiger partial charge >= 0.3 is 0 Å². The Kier molecular flexibility index (Phi) is 4.64. The first kappa shape index (κ1) is 14.2. The van der Waals surface area contributed by atoms with Crippen LogP contribution in [0.3, 0.4) is 0 Å². The minimum absolute atomic E-state index is 0.163. The molecule has 2 fully saturated rings. The molecule has 0 aliphatic carbocycles. The van der Waals surface area contributed by atoms with E-state index in [9.17, 15) is 8.42 Å². The van der Waals surface area contributed by atoms with Crippen LogP contribution in [0.4, 0.5) is 0 Å². The fraction of sp³-hybridized carbons (Fsp3) is 1.00. The highest BCUT2D eigenvalue weighted by Gasteiger charge is 2.28. The highest BCUT2D eigenvalue weighted by atomic mass is 32.2. The molecule has 2 N–H and O–H groups in total. The molecule has 0 amide bonds. The second kappa shape index (κ2) is 5.86. The van der Waals surface area contributed by atoms with E-state index in [-0.39, 0.29) is 6.04 Å². The van der Waals surface area contributed by atoms with Gasteiger partial charge in [-0.25, -0.2) is 8.42 Å². The van der Waals surface area contributed by atoms with Crippen LogP contribution < -0.4 is 5.73 Å². The highest BCUT2D eigenvalue weighted by Crippen LogP contribution is 2.12. The lowest BCUT2D eigenvalue weighted by molar-refractivity contribution is 0.157. The van der Waals surface area contributed by atoms with E-state index < -0.39 is 9.84 Å². The zero-order valence-electron chi connectivity index (χ0n) is 11.2. The topological polar surface area (TPSA) is 66.6 Å². The second-order valence-electron chi connectivity index (χ2n) is 5.68. The maximum Gasteiger partial charge on any atom is 0.153 e. The smallest absolute Gasteiger partial charge is 0.153 e. The number of hydrogen-bond donors (Lipinski definition) is 1. The molecule has 2 aliphatic heterocycles. The zero-order valence-corrected chi connectivity index (χ0v) is 12.0. The van der Waals surface area contributed by atoms with Crippen molar-refractivity contribution in [3.05, 3.63) is 0 Å². The van der Waals surface area contributed by atoms with Crippen LogP contribution in [0, 0.1) is 0 Å². The molecule has 0 radical (unpaired) electrons. The molecule has 2 rings (SSSR count). The monoisotopic (exact) mass is 275 g/mol. The summed E-state index contributed by atoms with van der Waals surface area (Å²) >= 11 is 0. The van der Waals surface area contributed by atoms with Crippen molar-refractivity contribution in [2.45, 2.75) is 31.8 Å². The summed E-state index contributed by atoms with van der Waals surface area (Å²) in [5, 5.41) is 0. The molecule has 6 heteroatoms. The second-order valence-corrected chi connectivity index (χ2v) is 7.91. The number of nitrogens with two attached hydrogens (primary N) is 1. The lowest BCUT2D eigenvalue weighted by Crippen LogP contribution is -2.50. The van der Waals surface area contributed by atoms with Crippen molar-refractivity contribution in [2.75, 3.05) is 44.2 Å². The molecule has 0 spiro atoms. The van der Waals surface area contributed by atoms with Crippen molar-refractivity contribution in [3.63, 3.8) is 0 Å². The summed E-state index contributed by atoms with van der Waals surface area (Å²) in [6.07, 6.45) is 2.17. The molecule has 106 valence electrons. The molecule has 1 unspecified atom stereocenters. The van der Waals surface area contributed by atoms with E-state index in [4.69, 9.17) is 5.73 Å². The maximum absolute atomic E-state index is 11.5. The largest absolute Gasteiger partial charge is 0.328 e. The van der Waals surface area contributed by atoms with Crippen molar-refractivity contribution in [2.24, 2.45) is 5.73 Å². The van der Waals surface area contributed by atoms with Crippen molar-refractivity contribution < 1.29 is 8.42 Å². The Morgan fingerprint density at radius 2 is 1.83 bits per heavy atom. The van der Waals surface area contributed by atoms with Crippen LogP contribution in [0.25, 0.3) is 0 Å². The Morgan fingerprint density at radius 1 is 1.17 bits per heavy atom. The average Bonchev–Trinajstić information content (AvgIpc) is 2.29. The Balaban J connectivity index is 1.74. The van der Waals surface area contributed by atoms with Gasteiger partial charge in [0.1, 0.15) is 0 Å². The van der Waals surface area contributed by atoms with Crippen LogP contribution in [0.5, 0.6) is 0 Å². The van der Waals surface area contributed by atoms with E-state index in [1.165, 1.54) is 0 Å². The lowest BCUT2D eigenvalue weighted by atomic mass is 10.1. The van der Waals surface area contributed by atoms with Crippen LogP contribution in [-0.4, -0.2) is 74.5 Å². The van der Waals surface area contributed by atoms with Gasteiger partial charge in [-0.05, 0) is 32.9 Å². The SMILES string of the molecule is CC1CS(=O)(=O)CCN1CCN1CCC(N)CC1. The molecule has 5 nitrogen and oxygen atoms in total. The quantitative estimate of drug-likeness (QED) is 0.754. The molecule has 0 aromatic carbocycles. The summed E-state index contributed by atoms with van der Waals surface area (Å²) in [4.78, 5) is 4.74. The number of sulfone groups is 1. The Morgan fingerprint density at radius 3 is 2.44 bits per heavy atom. The van der Waals surface area contributed by atoms with Gasteiger partial charge in [0.2, 0.25) is 0 Å². The molecular weight excluding hydrogens is 250 g/mol. The van der Waals surface area contributed by atoms with Crippen molar-refractivity contribution >= 4 is 9.84 Å². The number of piperidine rings is 1. The predicted octanol–water partition coefficient (Wildman–Crippen LogP) is -0.472. The van der Waals surface area contributed by atoms with Crippen LogP contribution in [0.1, 0.15) is 19.8 Å². The molecule has 0 saturated carbocycles. The third-order valence-corrected chi connectivity index (χ3v) is 5.94. The first-order valence-electron chi connectivity index (χ1n) is 6.89. The van der Waals surface area contributed by atoms with Crippen LogP contribution in [-0.2, 0) is 9.84 Å². The first-order valence-corrected chi connectivity index (χ1v) is 8.71. The Bertz CT molecular complexity index is 364. The Hall–Kier alpha value is -0.170. The standard InChI is InChI=1S/C12H25N3O2S/c1-11-10-18(16,17)9-8-15(11)7-6-14-4-2-12(13)3-5-14/h11-12H,2-10,13H2,1H3. The molecule has 2 saturated heterocycles. The molecule has 0 bridgehead atoms. The predicted molar refractivity (Wildman–Crippen MR) is 73.3 cm³/mol. The van der Waals surface area contributed by atoms with E-state index in [1.54, 1.807) is 0 Å². The summed E-state index contributed by atoms with van der Waals surface area (Å²) in [7, 11) is -2.79. The molecule has 18 heavy (non-hydrogen) atoms. The third-order valence-electron chi connectivity index (χ3n) is 4.14. The van der Waals surface area contributed by atoms with Gasteiger partial charge in [-0.1, -0.05) is 0 Å². The summed E-state index contributed by atoms with van der Waals surface area (Å²) in [5.41, 5.74) is 5.88. The molecule has 2 aliphatic rings. The molecule has 1 atom stereocenters. The van der Waals surface area contributed by atoms with Crippen LogP contribution in [0.2, 0.25) is 0 Å². The molecular formula is C12H25N3O2S. The zero-order chi connectivity index (χ0) is 13.2. The van der Waals surface area contributed by atoms with Crippen LogP contribution >= 0.6 is 0 Å². The van der Waals surface area contributed by atoms with Gasteiger partial charge in [-0.2, -0.15) is 0 Å². The van der Waals surface area contributed by atoms with Gasteiger partial charge in [-0.3, -0.25) is 4.90 Å². The molecule has 2 heterocycles. The number of likely N-dealkylation sites (tertiary alicyclic amines) is 1. The van der Waals surface area contributed by atoms with Gasteiger partial charge in [-0.15, -0.1) is 0 Å². The van der Waals surface area contributed by atoms with Crippen molar-refractivity contribution in [1.82, 2.24) is 9.80 Å². The van der Waals surface area contributed by atoms with Crippen molar-refractivity contribution in [1.29, 1.82) is 0 Å². The minimum atomic E-state index is -2.79. The normalized spacial score (nSPS) is 31.6. The summed E-state index contributed by atoms with van der Waals surface area (Å²) in [6, 6.07) is 0.538. The average molecular weight is 275 g/mol. The minimum Gasteiger partial charge on any atom is -0.328 e. The fourth-order valence-corrected chi connectivity index (χ4v) is 4.44. The third kappa shape index (κ3) is 3.91. The molecule has 0 aromatic rings. The van der Waals surface area contributed by atoms with E-state index in [1.807, 2.05) is 6.92 Å². The van der Waals surface area contributed by atoms with Gasteiger partial charge in [0.25, 0.3) is 0 Å². The summed E-state index contributed by atoms with van der Waals surface area (Å²) in [5.74, 6) is 0.639. The molecule has 0 aromatic heterocycles. The summed E-state index contributed by atoms with van der Waals surface area (Å²) < 4.78 is 23.0. The Labute approximate surface area is 110 Å². The van der Waals surface area contributed by atoms with Crippen LogP contribution in [0.15, 0.2) is 0 Å². The number of nitrogens with zero attached hydrogens (tertiary/aromatic N) is 2. The lowest BCUT2D eigenvalue weighted by Gasteiger charge is -2.36. The van der Waals surface area contributed by atoms with Gasteiger partial charge < -0.3 is 10.6 Å². The van der Waals surface area contributed by atoms with Gasteiger partial charge in [0.15, 0.2) is 9.84 Å². The van der Waals surface area contributed by atoms with E-state index in [2.05, 4.69) is 9.80 Å². The van der Waals surface area contributed by atoms with Gasteiger partial charge in [0.05, 0.1) is 11.5 Å². The van der Waals surface area contributed by atoms with Gasteiger partial charge in [0, 0.05) is 31.7 Å². The van der Waals surface area contributed by atoms with E-state index in [0.717, 1.165) is 39.0 Å². The van der Waals surface area contributed by atoms with E-state index >= 15 is 0 Å². The number of rotatable bonds is 3. The van der Waals surface area contributed by atoms with E-state index in [0.29, 0.717) is 24.1 Å². The summed E-state index contributed by atoms with van der Waals surface area (Å²) in [6.45, 7) is 6.89. The fourth-order valence-electron chi connectivity index (χ4n) is 2.81. The van der Waals surface area contributed by atoms with Crippen molar-refractivity contribution in [3.8, 4) is 0 Å².